The number of nitrogens with zero attached hydrogens (tertiary/aromatic N) is 2. The highest BCUT2D eigenvalue weighted by Gasteiger charge is 2.32. The van der Waals surface area contributed by atoms with Crippen LogP contribution >= 0.6 is 0 Å². The Hall–Kier alpha value is -3.92. The fraction of sp³-hybridized carbons (Fsp3) is 0.333. The van der Waals surface area contributed by atoms with Gasteiger partial charge in [-0.1, -0.05) is 29.8 Å². The summed E-state index contributed by atoms with van der Waals surface area (Å²) in [5.74, 6) is -1.00. The van der Waals surface area contributed by atoms with Gasteiger partial charge < -0.3 is 15.0 Å². The first-order valence-electron chi connectivity index (χ1n) is 13.1. The Kier molecular flexibility index (Phi) is 10.3. The molecule has 0 spiro atoms. The number of benzene rings is 3. The maximum atomic E-state index is 13.9. The zero-order valence-electron chi connectivity index (χ0n) is 23.4. The van der Waals surface area contributed by atoms with Crippen LogP contribution in [0.25, 0.3) is 0 Å². The quantitative estimate of drug-likeness (QED) is 0.342. The first kappa shape index (κ1) is 30.6. The molecule has 0 saturated heterocycles. The number of rotatable bonds is 12. The summed E-state index contributed by atoms with van der Waals surface area (Å²) in [6, 6.07) is 17.2. The van der Waals surface area contributed by atoms with E-state index in [9.17, 15) is 22.4 Å². The fourth-order valence-electron chi connectivity index (χ4n) is 4.13. The molecule has 3 rings (SSSR count). The molecule has 1 atom stereocenters. The van der Waals surface area contributed by atoms with Crippen LogP contribution in [0.5, 0.6) is 5.75 Å². The molecule has 10 heteroatoms. The molecule has 0 radical (unpaired) electrons. The predicted molar refractivity (Wildman–Crippen MR) is 153 cm³/mol. The molecule has 0 aromatic heterocycles. The summed E-state index contributed by atoms with van der Waals surface area (Å²) in [6.45, 7) is 8.88. The molecular formula is C30H36FN3O5S. The molecule has 8 nitrogen and oxygen atoms in total. The van der Waals surface area contributed by atoms with Crippen molar-refractivity contribution in [3.05, 3.63) is 89.7 Å². The second-order valence-corrected chi connectivity index (χ2v) is 11.6. The van der Waals surface area contributed by atoms with Crippen LogP contribution in [0.1, 0.15) is 38.8 Å². The zero-order valence-corrected chi connectivity index (χ0v) is 24.2. The Balaban J connectivity index is 2.02. The van der Waals surface area contributed by atoms with Crippen LogP contribution in [0.15, 0.2) is 77.7 Å². The van der Waals surface area contributed by atoms with E-state index in [0.717, 1.165) is 27.6 Å². The lowest BCUT2D eigenvalue weighted by Crippen LogP contribution is -2.52. The zero-order chi connectivity index (χ0) is 29.4. The average Bonchev–Trinajstić information content (AvgIpc) is 2.90. The number of halogens is 1. The van der Waals surface area contributed by atoms with Crippen LogP contribution < -0.4 is 14.4 Å². The summed E-state index contributed by atoms with van der Waals surface area (Å²) in [5.41, 5.74) is 1.88. The minimum atomic E-state index is -4.26. The topological polar surface area (TPSA) is 96.0 Å². The molecule has 0 heterocycles. The van der Waals surface area contributed by atoms with E-state index < -0.39 is 34.3 Å². The smallest absolute Gasteiger partial charge is 0.264 e. The molecule has 0 bridgehead atoms. The van der Waals surface area contributed by atoms with E-state index in [2.05, 4.69) is 5.32 Å². The Morgan fingerprint density at radius 2 is 1.62 bits per heavy atom. The molecule has 0 fully saturated rings. The number of hydrogen-bond donors (Lipinski definition) is 1. The predicted octanol–water partition coefficient (Wildman–Crippen LogP) is 4.67. The molecule has 0 aliphatic heterocycles. The van der Waals surface area contributed by atoms with Gasteiger partial charge in [-0.25, -0.2) is 12.8 Å². The van der Waals surface area contributed by atoms with E-state index in [1.54, 1.807) is 6.92 Å². The van der Waals surface area contributed by atoms with Crippen molar-refractivity contribution < 1.29 is 27.1 Å². The second kappa shape index (κ2) is 13.4. The largest absolute Gasteiger partial charge is 0.494 e. The highest BCUT2D eigenvalue weighted by molar-refractivity contribution is 7.92. The van der Waals surface area contributed by atoms with Crippen LogP contribution in [0, 0.1) is 12.7 Å². The SMILES string of the molecule is CCOc1ccc(S(=O)(=O)N(CC(=O)N(Cc2cccc(C)c2)[C@H](C)C(=O)NC(C)C)c2ccc(F)cc2)cc1. The molecule has 1 N–H and O–H groups in total. The Morgan fingerprint density at radius 3 is 2.20 bits per heavy atom. The number of anilines is 1. The third kappa shape index (κ3) is 7.81. The number of amides is 2. The van der Waals surface area contributed by atoms with Gasteiger partial charge in [0.1, 0.15) is 24.2 Å². The van der Waals surface area contributed by atoms with Gasteiger partial charge in [-0.3, -0.25) is 13.9 Å². The van der Waals surface area contributed by atoms with E-state index in [-0.39, 0.29) is 29.1 Å². The Labute approximate surface area is 235 Å². The van der Waals surface area contributed by atoms with E-state index >= 15 is 0 Å². The van der Waals surface area contributed by atoms with Crippen LogP contribution in [0.3, 0.4) is 0 Å². The van der Waals surface area contributed by atoms with Crippen molar-refractivity contribution in [3.63, 3.8) is 0 Å². The maximum Gasteiger partial charge on any atom is 0.264 e. The number of carbonyl (C=O) groups is 2. The van der Waals surface area contributed by atoms with Gasteiger partial charge in [-0.15, -0.1) is 0 Å². The summed E-state index contributed by atoms with van der Waals surface area (Å²) < 4.78 is 47.8. The van der Waals surface area contributed by atoms with Crippen molar-refractivity contribution in [2.45, 2.75) is 58.1 Å². The van der Waals surface area contributed by atoms with Gasteiger partial charge in [0.15, 0.2) is 0 Å². The van der Waals surface area contributed by atoms with Gasteiger partial charge >= 0.3 is 0 Å². The molecule has 0 unspecified atom stereocenters. The summed E-state index contributed by atoms with van der Waals surface area (Å²) >= 11 is 0. The number of nitrogens with one attached hydrogen (secondary N) is 1. The van der Waals surface area contributed by atoms with Crippen LogP contribution in [0.4, 0.5) is 10.1 Å². The van der Waals surface area contributed by atoms with Crippen LogP contribution in [0.2, 0.25) is 0 Å². The van der Waals surface area contributed by atoms with Crippen LogP contribution in [-0.2, 0) is 26.2 Å². The third-order valence-electron chi connectivity index (χ3n) is 6.15. The number of hydrogen-bond acceptors (Lipinski definition) is 5. The minimum Gasteiger partial charge on any atom is -0.494 e. The lowest BCUT2D eigenvalue weighted by Gasteiger charge is -2.32. The van der Waals surface area contributed by atoms with Gasteiger partial charge in [0.2, 0.25) is 11.8 Å². The molecular weight excluding hydrogens is 533 g/mol. The molecule has 0 aliphatic carbocycles. The normalized spacial score (nSPS) is 12.1. The molecule has 3 aromatic rings. The van der Waals surface area contributed by atoms with E-state index in [4.69, 9.17) is 4.74 Å². The van der Waals surface area contributed by atoms with E-state index in [1.165, 1.54) is 41.3 Å². The number of ether oxygens (including phenoxy) is 1. The number of aryl methyl sites for hydroxylation is 1. The Morgan fingerprint density at radius 1 is 0.975 bits per heavy atom. The standard InChI is InChI=1S/C30H36FN3O5S/c1-6-39-27-14-16-28(17-15-27)40(37,38)34(26-12-10-25(31)11-13-26)20-29(35)33(23(5)30(36)32-21(2)3)19-24-9-7-8-22(4)18-24/h7-18,21,23H,6,19-20H2,1-5H3,(H,32,36)/t23-/m1/s1. The minimum absolute atomic E-state index is 0.0658. The van der Waals surface area contributed by atoms with Crippen molar-refractivity contribution in [3.8, 4) is 5.75 Å². The number of sulfonamides is 1. The van der Waals surface area contributed by atoms with E-state index in [0.29, 0.717) is 12.4 Å². The molecule has 40 heavy (non-hydrogen) atoms. The van der Waals surface area contributed by atoms with Gasteiger partial charge in [-0.2, -0.15) is 0 Å². The molecule has 2 amide bonds. The van der Waals surface area contributed by atoms with Gasteiger partial charge in [0.05, 0.1) is 17.2 Å². The highest BCUT2D eigenvalue weighted by Crippen LogP contribution is 2.26. The number of carbonyl (C=O) groups excluding carboxylic acids is 2. The molecule has 3 aromatic carbocycles. The van der Waals surface area contributed by atoms with Crippen molar-refractivity contribution in [2.24, 2.45) is 0 Å². The monoisotopic (exact) mass is 569 g/mol. The fourth-order valence-corrected chi connectivity index (χ4v) is 5.55. The third-order valence-corrected chi connectivity index (χ3v) is 7.94. The van der Waals surface area contributed by atoms with Crippen molar-refractivity contribution >= 4 is 27.5 Å². The summed E-state index contributed by atoms with van der Waals surface area (Å²) in [5, 5.41) is 2.82. The van der Waals surface area contributed by atoms with Crippen molar-refractivity contribution in [1.29, 1.82) is 0 Å². The average molecular weight is 570 g/mol. The molecule has 214 valence electrons. The van der Waals surface area contributed by atoms with Crippen molar-refractivity contribution in [2.75, 3.05) is 17.5 Å². The first-order chi connectivity index (χ1) is 18.9. The Bertz CT molecular complexity index is 1410. The second-order valence-electron chi connectivity index (χ2n) is 9.74. The lowest BCUT2D eigenvalue weighted by molar-refractivity contribution is -0.139. The summed E-state index contributed by atoms with van der Waals surface area (Å²) in [7, 11) is -4.26. The maximum absolute atomic E-state index is 13.9. The highest BCUT2D eigenvalue weighted by atomic mass is 32.2. The van der Waals surface area contributed by atoms with Gasteiger partial charge in [0, 0.05) is 12.6 Å². The summed E-state index contributed by atoms with van der Waals surface area (Å²) in [4.78, 5) is 28.1. The van der Waals surface area contributed by atoms with Gasteiger partial charge in [-0.05, 0) is 88.7 Å². The van der Waals surface area contributed by atoms with Crippen molar-refractivity contribution in [1.82, 2.24) is 10.2 Å². The first-order valence-corrected chi connectivity index (χ1v) is 14.5. The van der Waals surface area contributed by atoms with Crippen LogP contribution in [-0.4, -0.2) is 50.4 Å². The summed E-state index contributed by atoms with van der Waals surface area (Å²) in [6.07, 6.45) is 0. The lowest BCUT2D eigenvalue weighted by atomic mass is 10.1. The molecule has 0 aliphatic rings. The van der Waals surface area contributed by atoms with E-state index in [1.807, 2.05) is 52.0 Å². The molecule has 0 saturated carbocycles. The van der Waals surface area contributed by atoms with Gasteiger partial charge in [0.25, 0.3) is 10.0 Å².